The molecule has 0 saturated carbocycles. The molecule has 0 amide bonds. The van der Waals surface area contributed by atoms with E-state index >= 15 is 0 Å². The van der Waals surface area contributed by atoms with Gasteiger partial charge in [-0.25, -0.2) is 0 Å². The van der Waals surface area contributed by atoms with Crippen molar-refractivity contribution >= 4 is 17.4 Å². The van der Waals surface area contributed by atoms with Gasteiger partial charge in [0.1, 0.15) is 5.75 Å². The molecule has 0 radical (unpaired) electrons. The first-order chi connectivity index (χ1) is 8.90. The minimum Gasteiger partial charge on any atom is -0.493 e. The molecule has 1 rings (SSSR count). The first-order valence-electron chi connectivity index (χ1n) is 6.76. The van der Waals surface area contributed by atoms with E-state index in [0.717, 1.165) is 12.0 Å². The van der Waals surface area contributed by atoms with Crippen LogP contribution in [0.25, 0.3) is 0 Å². The summed E-state index contributed by atoms with van der Waals surface area (Å²) in [5.74, 6) is 1.06. The summed E-state index contributed by atoms with van der Waals surface area (Å²) in [5, 5.41) is 0. The third-order valence-corrected chi connectivity index (χ3v) is 3.12. The maximum Gasteiger partial charge on any atom is 0.167 e. The van der Waals surface area contributed by atoms with Gasteiger partial charge >= 0.3 is 0 Å². The molecule has 0 N–H and O–H groups in total. The number of hydrogen-bond donors (Lipinski definition) is 0. The average molecular weight is 283 g/mol. The van der Waals surface area contributed by atoms with Crippen LogP contribution in [0.3, 0.4) is 0 Å². The molecule has 0 fully saturated rings. The molecule has 1 aromatic carbocycles. The Balaban J connectivity index is 3.14. The molecule has 2 nitrogen and oxygen atoms in total. The first-order valence-corrected chi connectivity index (χ1v) is 7.30. The van der Waals surface area contributed by atoms with Crippen LogP contribution in [0.2, 0.25) is 0 Å². The minimum atomic E-state index is 0.0132. The molecule has 3 heteroatoms. The number of ether oxygens (including phenoxy) is 1. The Morgan fingerprint density at radius 1 is 1.32 bits per heavy atom. The van der Waals surface area contributed by atoms with Crippen LogP contribution in [0, 0.1) is 0 Å². The van der Waals surface area contributed by atoms with Crippen LogP contribution in [-0.4, -0.2) is 18.3 Å². The van der Waals surface area contributed by atoms with Crippen LogP contribution < -0.4 is 4.74 Å². The van der Waals surface area contributed by atoms with Crippen molar-refractivity contribution < 1.29 is 9.53 Å². The Labute approximate surface area is 121 Å². The number of hydrogen-bond acceptors (Lipinski definition) is 2. The molecule has 19 heavy (non-hydrogen) atoms. The molecule has 0 aliphatic heterocycles. The average Bonchev–Trinajstić information content (AvgIpc) is 2.35. The van der Waals surface area contributed by atoms with Crippen LogP contribution in [-0.2, 0) is 5.41 Å². The van der Waals surface area contributed by atoms with E-state index in [0.29, 0.717) is 30.2 Å². The van der Waals surface area contributed by atoms with Gasteiger partial charge in [-0.1, -0.05) is 33.8 Å². The molecule has 0 aromatic heterocycles. The topological polar surface area (TPSA) is 26.3 Å². The lowest BCUT2D eigenvalue weighted by Crippen LogP contribution is -2.13. The van der Waals surface area contributed by atoms with Crippen LogP contribution >= 0.6 is 11.6 Å². The first kappa shape index (κ1) is 16.0. The highest BCUT2D eigenvalue weighted by molar-refractivity contribution is 6.19. The van der Waals surface area contributed by atoms with E-state index in [-0.39, 0.29) is 11.2 Å². The van der Waals surface area contributed by atoms with Crippen molar-refractivity contribution in [1.29, 1.82) is 0 Å². The van der Waals surface area contributed by atoms with Gasteiger partial charge in [-0.05, 0) is 29.5 Å². The summed E-state index contributed by atoms with van der Waals surface area (Å²) < 4.78 is 5.66. The highest BCUT2D eigenvalue weighted by Crippen LogP contribution is 2.29. The Kier molecular flexibility index (Phi) is 5.86. The summed E-state index contributed by atoms with van der Waals surface area (Å²) in [7, 11) is 0. The fourth-order valence-electron chi connectivity index (χ4n) is 1.77. The lowest BCUT2D eigenvalue weighted by Gasteiger charge is -2.21. The predicted octanol–water partition coefficient (Wildman–Crippen LogP) is 4.58. The SMILES string of the molecule is CCCOc1ccc(C(C)(C)C)cc1C(=O)CCCl. The van der Waals surface area contributed by atoms with Gasteiger partial charge < -0.3 is 4.74 Å². The zero-order valence-corrected chi connectivity index (χ0v) is 13.0. The van der Waals surface area contributed by atoms with Gasteiger partial charge in [0.05, 0.1) is 12.2 Å². The molecule has 0 aliphatic carbocycles. The third kappa shape index (κ3) is 4.54. The van der Waals surface area contributed by atoms with Crippen molar-refractivity contribution in [1.82, 2.24) is 0 Å². The van der Waals surface area contributed by atoms with Gasteiger partial charge in [0.25, 0.3) is 0 Å². The summed E-state index contributed by atoms with van der Waals surface area (Å²) in [5.41, 5.74) is 1.80. The molecule has 0 spiro atoms. The zero-order chi connectivity index (χ0) is 14.5. The maximum absolute atomic E-state index is 12.1. The number of carbonyl (C=O) groups is 1. The molecule has 0 aliphatic rings. The van der Waals surface area contributed by atoms with Gasteiger partial charge in [-0.15, -0.1) is 11.6 Å². The molecule has 1 aromatic rings. The van der Waals surface area contributed by atoms with Gasteiger partial charge in [-0.2, -0.15) is 0 Å². The van der Waals surface area contributed by atoms with Crippen molar-refractivity contribution in [3.63, 3.8) is 0 Å². The van der Waals surface area contributed by atoms with Crippen molar-refractivity contribution in [3.05, 3.63) is 29.3 Å². The van der Waals surface area contributed by atoms with E-state index in [1.807, 2.05) is 25.1 Å². The fraction of sp³-hybridized carbons (Fsp3) is 0.562. The summed E-state index contributed by atoms with van der Waals surface area (Å²) in [6, 6.07) is 5.88. The third-order valence-electron chi connectivity index (χ3n) is 2.93. The number of benzene rings is 1. The van der Waals surface area contributed by atoms with Crippen LogP contribution in [0.1, 0.15) is 56.5 Å². The highest BCUT2D eigenvalue weighted by atomic mass is 35.5. The van der Waals surface area contributed by atoms with Crippen molar-refractivity contribution in [2.75, 3.05) is 12.5 Å². The summed E-state index contributed by atoms with van der Waals surface area (Å²) in [6.45, 7) is 9.06. The number of ketones is 1. The number of carbonyl (C=O) groups excluding carboxylic acids is 1. The lowest BCUT2D eigenvalue weighted by molar-refractivity contribution is 0.0985. The van der Waals surface area contributed by atoms with E-state index in [4.69, 9.17) is 16.3 Å². The molecule has 0 heterocycles. The monoisotopic (exact) mass is 282 g/mol. The second kappa shape index (κ2) is 6.95. The normalized spacial score (nSPS) is 11.4. The van der Waals surface area contributed by atoms with Crippen molar-refractivity contribution in [2.24, 2.45) is 0 Å². The van der Waals surface area contributed by atoms with E-state index in [2.05, 4.69) is 20.8 Å². The van der Waals surface area contributed by atoms with Crippen molar-refractivity contribution in [3.8, 4) is 5.75 Å². The molecular weight excluding hydrogens is 260 g/mol. The Hall–Kier alpha value is -1.02. The van der Waals surface area contributed by atoms with Gasteiger partial charge in [-0.3, -0.25) is 4.79 Å². The molecule has 0 bridgehead atoms. The number of halogens is 1. The minimum absolute atomic E-state index is 0.0132. The van der Waals surface area contributed by atoms with Gasteiger partial charge in [0.15, 0.2) is 5.78 Å². The molecule has 0 saturated heterocycles. The van der Waals surface area contributed by atoms with E-state index < -0.39 is 0 Å². The quantitative estimate of drug-likeness (QED) is 0.564. The lowest BCUT2D eigenvalue weighted by atomic mass is 9.85. The number of Topliss-reactive ketones (excluding diaryl/α,β-unsaturated/α-hetero) is 1. The maximum atomic E-state index is 12.1. The second-order valence-corrected chi connectivity index (χ2v) is 6.05. The van der Waals surface area contributed by atoms with Gasteiger partial charge in [0.2, 0.25) is 0 Å². The highest BCUT2D eigenvalue weighted by Gasteiger charge is 2.19. The number of alkyl halides is 1. The molecule has 0 atom stereocenters. The number of rotatable bonds is 6. The molecular formula is C16H23ClO2. The van der Waals surface area contributed by atoms with Crippen molar-refractivity contribution in [2.45, 2.75) is 46.0 Å². The zero-order valence-electron chi connectivity index (χ0n) is 12.3. The van der Waals surface area contributed by atoms with E-state index in [1.54, 1.807) is 0 Å². The molecule has 106 valence electrons. The largest absolute Gasteiger partial charge is 0.493 e. The summed E-state index contributed by atoms with van der Waals surface area (Å²) >= 11 is 5.67. The van der Waals surface area contributed by atoms with Gasteiger partial charge in [0, 0.05) is 12.3 Å². The van der Waals surface area contributed by atoms with E-state index in [9.17, 15) is 4.79 Å². The smallest absolute Gasteiger partial charge is 0.167 e. The predicted molar refractivity (Wildman–Crippen MR) is 80.6 cm³/mol. The summed E-state index contributed by atoms with van der Waals surface area (Å²) in [4.78, 5) is 12.1. The second-order valence-electron chi connectivity index (χ2n) is 5.67. The Morgan fingerprint density at radius 3 is 2.53 bits per heavy atom. The standard InChI is InChI=1S/C16H23ClO2/c1-5-10-19-15-7-6-12(16(2,3)4)11-13(15)14(18)8-9-17/h6-7,11H,5,8-10H2,1-4H3. The Bertz CT molecular complexity index is 433. The molecule has 0 unspecified atom stereocenters. The fourth-order valence-corrected chi connectivity index (χ4v) is 1.94. The van der Waals surface area contributed by atoms with E-state index in [1.165, 1.54) is 0 Å². The van der Waals surface area contributed by atoms with Crippen LogP contribution in [0.5, 0.6) is 5.75 Å². The summed E-state index contributed by atoms with van der Waals surface area (Å²) in [6.07, 6.45) is 1.27. The van der Waals surface area contributed by atoms with Crippen LogP contribution in [0.4, 0.5) is 0 Å². The Morgan fingerprint density at radius 2 is 2.00 bits per heavy atom. The van der Waals surface area contributed by atoms with Crippen LogP contribution in [0.15, 0.2) is 18.2 Å².